The molecule has 0 aromatic heterocycles. The van der Waals surface area contributed by atoms with Crippen LogP contribution in [-0.2, 0) is 4.74 Å². The summed E-state index contributed by atoms with van der Waals surface area (Å²) in [6, 6.07) is 10.6. The van der Waals surface area contributed by atoms with E-state index >= 15 is 0 Å². The van der Waals surface area contributed by atoms with Gasteiger partial charge in [0.2, 0.25) is 0 Å². The Labute approximate surface area is 92.5 Å². The van der Waals surface area contributed by atoms with Crippen molar-refractivity contribution in [1.29, 1.82) is 0 Å². The van der Waals surface area contributed by atoms with Gasteiger partial charge in [0.15, 0.2) is 0 Å². The average molecular weight is 204 g/mol. The van der Waals surface area contributed by atoms with Crippen molar-refractivity contribution in [2.24, 2.45) is 0 Å². The van der Waals surface area contributed by atoms with E-state index in [0.717, 1.165) is 0 Å². The second-order valence-electron chi connectivity index (χ2n) is 4.38. The van der Waals surface area contributed by atoms with Gasteiger partial charge in [-0.3, -0.25) is 0 Å². The maximum Gasteiger partial charge on any atom is 0.0828 e. The fraction of sp³-hybridized carbons (Fsp3) is 0.571. The number of benzene rings is 1. The first kappa shape index (κ1) is 10.7. The first-order valence-corrected chi connectivity index (χ1v) is 6.10. The van der Waals surface area contributed by atoms with E-state index in [0.29, 0.717) is 12.2 Å². The van der Waals surface area contributed by atoms with Crippen LogP contribution in [0.15, 0.2) is 30.3 Å². The van der Waals surface area contributed by atoms with Crippen LogP contribution in [0.25, 0.3) is 0 Å². The highest BCUT2D eigenvalue weighted by atomic mass is 16.5. The quantitative estimate of drug-likeness (QED) is 0.720. The first-order valence-electron chi connectivity index (χ1n) is 6.10. The molecule has 0 N–H and O–H groups in total. The molecular weight excluding hydrogens is 184 g/mol. The Balaban J connectivity index is 1.98. The van der Waals surface area contributed by atoms with E-state index in [2.05, 4.69) is 37.3 Å². The van der Waals surface area contributed by atoms with Crippen LogP contribution in [-0.4, -0.2) is 6.10 Å². The number of rotatable bonds is 3. The molecule has 2 atom stereocenters. The molecule has 0 radical (unpaired) electrons. The predicted molar refractivity (Wildman–Crippen MR) is 62.8 cm³/mol. The van der Waals surface area contributed by atoms with E-state index in [1.54, 1.807) is 0 Å². The molecule has 1 saturated heterocycles. The lowest BCUT2D eigenvalue weighted by atomic mass is 9.97. The van der Waals surface area contributed by atoms with Crippen LogP contribution in [0.2, 0.25) is 0 Å². The minimum absolute atomic E-state index is 0.344. The Morgan fingerprint density at radius 2 is 2.00 bits per heavy atom. The molecule has 0 aliphatic carbocycles. The molecule has 2 rings (SSSR count). The molecular formula is C14H20O. The zero-order chi connectivity index (χ0) is 10.5. The second kappa shape index (κ2) is 5.32. The summed E-state index contributed by atoms with van der Waals surface area (Å²) in [6.45, 7) is 2.23. The molecule has 15 heavy (non-hydrogen) atoms. The van der Waals surface area contributed by atoms with Gasteiger partial charge in [-0.15, -0.1) is 0 Å². The lowest BCUT2D eigenvalue weighted by Crippen LogP contribution is -2.22. The van der Waals surface area contributed by atoms with Crippen LogP contribution in [0, 0.1) is 0 Å². The van der Waals surface area contributed by atoms with Gasteiger partial charge in [0.25, 0.3) is 0 Å². The summed E-state index contributed by atoms with van der Waals surface area (Å²) in [5, 5.41) is 0. The fourth-order valence-corrected chi connectivity index (χ4v) is 2.35. The molecule has 0 saturated carbocycles. The van der Waals surface area contributed by atoms with E-state index in [1.807, 2.05) is 0 Å². The highest BCUT2D eigenvalue weighted by Gasteiger charge is 2.22. The molecule has 0 amide bonds. The molecule has 1 aliphatic heterocycles. The van der Waals surface area contributed by atoms with Crippen LogP contribution in [0.4, 0.5) is 0 Å². The SMILES string of the molecule is CCC[C@@H]1CCC[C@H](c2ccccc2)O1. The van der Waals surface area contributed by atoms with E-state index in [-0.39, 0.29) is 0 Å². The van der Waals surface area contributed by atoms with Crippen LogP contribution in [0.1, 0.15) is 50.7 Å². The Morgan fingerprint density at radius 3 is 2.73 bits per heavy atom. The molecule has 1 aromatic rings. The van der Waals surface area contributed by atoms with Crippen LogP contribution >= 0.6 is 0 Å². The summed E-state index contributed by atoms with van der Waals surface area (Å²) < 4.78 is 6.11. The minimum atomic E-state index is 0.344. The molecule has 1 heteroatoms. The minimum Gasteiger partial charge on any atom is -0.370 e. The topological polar surface area (TPSA) is 9.23 Å². The van der Waals surface area contributed by atoms with Crippen molar-refractivity contribution in [2.45, 2.75) is 51.2 Å². The maximum absolute atomic E-state index is 6.11. The van der Waals surface area contributed by atoms with Crippen molar-refractivity contribution in [1.82, 2.24) is 0 Å². The average Bonchev–Trinajstić information content (AvgIpc) is 2.31. The van der Waals surface area contributed by atoms with E-state index < -0.39 is 0 Å². The summed E-state index contributed by atoms with van der Waals surface area (Å²) in [5.41, 5.74) is 1.35. The second-order valence-corrected chi connectivity index (χ2v) is 4.38. The van der Waals surface area contributed by atoms with Crippen molar-refractivity contribution in [3.05, 3.63) is 35.9 Å². The van der Waals surface area contributed by atoms with Gasteiger partial charge in [-0.25, -0.2) is 0 Å². The van der Waals surface area contributed by atoms with E-state index in [9.17, 15) is 0 Å². The number of hydrogen-bond acceptors (Lipinski definition) is 1. The Morgan fingerprint density at radius 1 is 1.20 bits per heavy atom. The molecule has 0 spiro atoms. The standard InChI is InChI=1S/C14H20O/c1-2-7-13-10-6-11-14(15-13)12-8-4-3-5-9-12/h3-5,8-9,13-14H,2,6-7,10-11H2,1H3/t13-,14-/m1/s1. The van der Waals surface area contributed by atoms with Gasteiger partial charge in [0.05, 0.1) is 12.2 Å². The third kappa shape index (κ3) is 2.82. The van der Waals surface area contributed by atoms with Crippen molar-refractivity contribution in [3.63, 3.8) is 0 Å². The summed E-state index contributed by atoms with van der Waals surface area (Å²) in [4.78, 5) is 0. The third-order valence-corrected chi connectivity index (χ3v) is 3.13. The van der Waals surface area contributed by atoms with Gasteiger partial charge in [0.1, 0.15) is 0 Å². The lowest BCUT2D eigenvalue weighted by molar-refractivity contribution is -0.0550. The molecule has 1 nitrogen and oxygen atoms in total. The first-order chi connectivity index (χ1) is 7.40. The van der Waals surface area contributed by atoms with Crippen LogP contribution < -0.4 is 0 Å². The maximum atomic E-state index is 6.11. The van der Waals surface area contributed by atoms with Gasteiger partial charge < -0.3 is 4.74 Å². The third-order valence-electron chi connectivity index (χ3n) is 3.13. The van der Waals surface area contributed by atoms with E-state index in [4.69, 9.17) is 4.74 Å². The number of hydrogen-bond donors (Lipinski definition) is 0. The van der Waals surface area contributed by atoms with Crippen molar-refractivity contribution in [3.8, 4) is 0 Å². The predicted octanol–water partition coefficient (Wildman–Crippen LogP) is 4.10. The van der Waals surface area contributed by atoms with Crippen LogP contribution in [0.5, 0.6) is 0 Å². The summed E-state index contributed by atoms with van der Waals surface area (Å²) >= 11 is 0. The molecule has 82 valence electrons. The summed E-state index contributed by atoms with van der Waals surface area (Å²) in [7, 11) is 0. The smallest absolute Gasteiger partial charge is 0.0828 e. The molecule has 1 heterocycles. The summed E-state index contributed by atoms with van der Waals surface area (Å²) in [5.74, 6) is 0. The molecule has 0 bridgehead atoms. The zero-order valence-corrected chi connectivity index (χ0v) is 9.49. The van der Waals surface area contributed by atoms with Crippen molar-refractivity contribution < 1.29 is 4.74 Å². The normalized spacial score (nSPS) is 26.5. The molecule has 0 unspecified atom stereocenters. The monoisotopic (exact) mass is 204 g/mol. The highest BCUT2D eigenvalue weighted by molar-refractivity contribution is 5.17. The van der Waals surface area contributed by atoms with Gasteiger partial charge >= 0.3 is 0 Å². The molecule has 1 fully saturated rings. The van der Waals surface area contributed by atoms with Crippen molar-refractivity contribution >= 4 is 0 Å². The summed E-state index contributed by atoms with van der Waals surface area (Å²) in [6.07, 6.45) is 7.02. The Hall–Kier alpha value is -0.820. The van der Waals surface area contributed by atoms with Crippen LogP contribution in [0.3, 0.4) is 0 Å². The lowest BCUT2D eigenvalue weighted by Gasteiger charge is -2.30. The van der Waals surface area contributed by atoms with Gasteiger partial charge in [-0.1, -0.05) is 43.7 Å². The molecule has 1 aliphatic rings. The van der Waals surface area contributed by atoms with Gasteiger partial charge in [-0.05, 0) is 31.2 Å². The zero-order valence-electron chi connectivity index (χ0n) is 9.49. The Kier molecular flexibility index (Phi) is 3.79. The van der Waals surface area contributed by atoms with Gasteiger partial charge in [-0.2, -0.15) is 0 Å². The van der Waals surface area contributed by atoms with Gasteiger partial charge in [0, 0.05) is 0 Å². The van der Waals surface area contributed by atoms with E-state index in [1.165, 1.54) is 37.7 Å². The highest BCUT2D eigenvalue weighted by Crippen LogP contribution is 2.32. The Bertz CT molecular complexity index is 279. The number of ether oxygens (including phenoxy) is 1. The molecule has 1 aromatic carbocycles. The largest absolute Gasteiger partial charge is 0.370 e. The van der Waals surface area contributed by atoms with Crippen molar-refractivity contribution in [2.75, 3.05) is 0 Å². The fourth-order valence-electron chi connectivity index (χ4n) is 2.35.